The highest BCUT2D eigenvalue weighted by atomic mass is 16.1. The van der Waals surface area contributed by atoms with Gasteiger partial charge in [-0.2, -0.15) is 0 Å². The van der Waals surface area contributed by atoms with Crippen LogP contribution in [0.1, 0.15) is 71.1 Å². The van der Waals surface area contributed by atoms with Crippen LogP contribution in [0, 0.1) is 5.92 Å². The van der Waals surface area contributed by atoms with Crippen LogP contribution in [0.2, 0.25) is 0 Å². The standard InChI is InChI=1S/C18H34N4O/c1-2-19-18(20-13-5-9-15-7-3-4-8-15)21-14-6-10-17(23)22-16-11-12-16/h15-16H,2-14H2,1H3,(H,22,23)(H2,19,20,21). The molecular formula is C18H34N4O. The minimum Gasteiger partial charge on any atom is -0.357 e. The molecular weight excluding hydrogens is 288 g/mol. The SMILES string of the molecule is CCNC(=NCCCC(=O)NC1CC1)NCCCC1CCCC1. The van der Waals surface area contributed by atoms with Gasteiger partial charge in [-0.25, -0.2) is 0 Å². The zero-order valence-electron chi connectivity index (χ0n) is 14.7. The molecule has 0 unspecified atom stereocenters. The van der Waals surface area contributed by atoms with Crippen molar-refractivity contribution in [1.82, 2.24) is 16.0 Å². The highest BCUT2D eigenvalue weighted by Gasteiger charge is 2.22. The number of rotatable bonds is 10. The Morgan fingerprint density at radius 2 is 1.87 bits per heavy atom. The van der Waals surface area contributed by atoms with Crippen molar-refractivity contribution in [2.24, 2.45) is 10.9 Å². The van der Waals surface area contributed by atoms with E-state index < -0.39 is 0 Å². The first-order chi connectivity index (χ1) is 11.3. The Hall–Kier alpha value is -1.26. The summed E-state index contributed by atoms with van der Waals surface area (Å²) < 4.78 is 0. The largest absolute Gasteiger partial charge is 0.357 e. The van der Waals surface area contributed by atoms with E-state index in [-0.39, 0.29) is 5.91 Å². The number of carbonyl (C=O) groups is 1. The Kier molecular flexibility index (Phi) is 8.26. The van der Waals surface area contributed by atoms with Gasteiger partial charge in [0.2, 0.25) is 5.91 Å². The molecule has 2 saturated carbocycles. The number of guanidine groups is 1. The molecule has 0 radical (unpaired) electrons. The van der Waals surface area contributed by atoms with Crippen LogP contribution < -0.4 is 16.0 Å². The van der Waals surface area contributed by atoms with Crippen LogP contribution in [0.4, 0.5) is 0 Å². The van der Waals surface area contributed by atoms with E-state index in [9.17, 15) is 4.79 Å². The molecule has 23 heavy (non-hydrogen) atoms. The lowest BCUT2D eigenvalue weighted by Gasteiger charge is -2.13. The zero-order chi connectivity index (χ0) is 16.3. The van der Waals surface area contributed by atoms with E-state index >= 15 is 0 Å². The number of aliphatic imine (C=N–C) groups is 1. The highest BCUT2D eigenvalue weighted by Crippen LogP contribution is 2.28. The molecule has 0 aliphatic heterocycles. The fraction of sp³-hybridized carbons (Fsp3) is 0.889. The van der Waals surface area contributed by atoms with Gasteiger partial charge in [-0.15, -0.1) is 0 Å². The number of hydrogen-bond acceptors (Lipinski definition) is 2. The Morgan fingerprint density at radius 3 is 2.57 bits per heavy atom. The number of nitrogens with one attached hydrogen (secondary N) is 3. The molecule has 0 atom stereocenters. The summed E-state index contributed by atoms with van der Waals surface area (Å²) in [5.74, 6) is 2.03. The van der Waals surface area contributed by atoms with Crippen molar-refractivity contribution in [2.75, 3.05) is 19.6 Å². The fourth-order valence-electron chi connectivity index (χ4n) is 3.20. The van der Waals surface area contributed by atoms with Gasteiger partial charge in [0, 0.05) is 32.1 Å². The van der Waals surface area contributed by atoms with E-state index in [0.717, 1.165) is 44.2 Å². The predicted octanol–water partition coefficient (Wildman–Crippen LogP) is 2.57. The molecule has 5 heteroatoms. The van der Waals surface area contributed by atoms with Gasteiger partial charge in [-0.1, -0.05) is 25.7 Å². The average Bonchev–Trinajstić information content (AvgIpc) is 3.19. The third kappa shape index (κ3) is 8.24. The lowest BCUT2D eigenvalue weighted by atomic mass is 10.0. The first kappa shape index (κ1) is 18.1. The van der Waals surface area contributed by atoms with Gasteiger partial charge in [0.1, 0.15) is 0 Å². The lowest BCUT2D eigenvalue weighted by molar-refractivity contribution is -0.121. The summed E-state index contributed by atoms with van der Waals surface area (Å²) in [6.07, 6.45) is 12.0. The van der Waals surface area contributed by atoms with Crippen LogP contribution in [0.25, 0.3) is 0 Å². The Labute approximate surface area is 141 Å². The molecule has 2 fully saturated rings. The average molecular weight is 322 g/mol. The van der Waals surface area contributed by atoms with Crippen molar-refractivity contribution in [3.63, 3.8) is 0 Å². The molecule has 0 aromatic rings. The van der Waals surface area contributed by atoms with Crippen molar-refractivity contribution in [1.29, 1.82) is 0 Å². The van der Waals surface area contributed by atoms with E-state index in [2.05, 4.69) is 27.9 Å². The number of hydrogen-bond donors (Lipinski definition) is 3. The van der Waals surface area contributed by atoms with Crippen LogP contribution in [0.3, 0.4) is 0 Å². The molecule has 0 spiro atoms. The van der Waals surface area contributed by atoms with Gasteiger partial charge < -0.3 is 16.0 Å². The normalized spacial score (nSPS) is 18.9. The minimum atomic E-state index is 0.178. The molecule has 0 aromatic carbocycles. The summed E-state index contributed by atoms with van der Waals surface area (Å²) in [4.78, 5) is 16.2. The third-order valence-corrected chi connectivity index (χ3v) is 4.67. The van der Waals surface area contributed by atoms with Crippen molar-refractivity contribution in [2.45, 2.75) is 77.2 Å². The van der Waals surface area contributed by atoms with Gasteiger partial charge in [0.25, 0.3) is 0 Å². The maximum atomic E-state index is 11.6. The second-order valence-electron chi connectivity index (χ2n) is 6.93. The molecule has 2 aliphatic rings. The van der Waals surface area contributed by atoms with Crippen LogP contribution in [-0.4, -0.2) is 37.5 Å². The summed E-state index contributed by atoms with van der Waals surface area (Å²) in [6.45, 7) is 4.65. The predicted molar refractivity (Wildman–Crippen MR) is 95.6 cm³/mol. The van der Waals surface area contributed by atoms with Gasteiger partial charge >= 0.3 is 0 Å². The lowest BCUT2D eigenvalue weighted by Crippen LogP contribution is -2.38. The van der Waals surface area contributed by atoms with Crippen molar-refractivity contribution in [3.8, 4) is 0 Å². The summed E-state index contributed by atoms with van der Waals surface area (Å²) in [7, 11) is 0. The molecule has 0 bridgehead atoms. The van der Waals surface area contributed by atoms with Crippen molar-refractivity contribution < 1.29 is 4.79 Å². The van der Waals surface area contributed by atoms with E-state index in [0.29, 0.717) is 19.0 Å². The maximum Gasteiger partial charge on any atom is 0.220 e. The Bertz CT molecular complexity index is 373. The monoisotopic (exact) mass is 322 g/mol. The first-order valence-electron chi connectivity index (χ1n) is 9.59. The topological polar surface area (TPSA) is 65.5 Å². The summed E-state index contributed by atoms with van der Waals surface area (Å²) in [5.41, 5.74) is 0. The van der Waals surface area contributed by atoms with E-state index in [1.165, 1.54) is 38.5 Å². The first-order valence-corrected chi connectivity index (χ1v) is 9.59. The highest BCUT2D eigenvalue weighted by molar-refractivity contribution is 5.79. The second kappa shape index (κ2) is 10.5. The molecule has 2 rings (SSSR count). The summed E-state index contributed by atoms with van der Waals surface area (Å²) in [5, 5.41) is 9.71. The number of nitrogens with zero attached hydrogens (tertiary/aromatic N) is 1. The molecule has 132 valence electrons. The summed E-state index contributed by atoms with van der Waals surface area (Å²) in [6, 6.07) is 0.463. The van der Waals surface area contributed by atoms with Gasteiger partial charge in [-0.3, -0.25) is 9.79 Å². The van der Waals surface area contributed by atoms with Gasteiger partial charge in [0.15, 0.2) is 5.96 Å². The molecule has 1 amide bonds. The van der Waals surface area contributed by atoms with Crippen LogP contribution in [-0.2, 0) is 4.79 Å². The minimum absolute atomic E-state index is 0.178. The van der Waals surface area contributed by atoms with Crippen LogP contribution in [0.5, 0.6) is 0 Å². The number of amides is 1. The molecule has 5 nitrogen and oxygen atoms in total. The van der Waals surface area contributed by atoms with Crippen LogP contribution >= 0.6 is 0 Å². The zero-order valence-corrected chi connectivity index (χ0v) is 14.7. The van der Waals surface area contributed by atoms with Gasteiger partial charge in [-0.05, 0) is 44.9 Å². The quantitative estimate of drug-likeness (QED) is 0.329. The molecule has 2 aliphatic carbocycles. The van der Waals surface area contributed by atoms with Gasteiger partial charge in [0.05, 0.1) is 0 Å². The van der Waals surface area contributed by atoms with E-state index in [4.69, 9.17) is 0 Å². The summed E-state index contributed by atoms with van der Waals surface area (Å²) >= 11 is 0. The molecule has 0 heterocycles. The molecule has 0 aromatic heterocycles. The smallest absolute Gasteiger partial charge is 0.220 e. The van der Waals surface area contributed by atoms with Crippen molar-refractivity contribution in [3.05, 3.63) is 0 Å². The Morgan fingerprint density at radius 1 is 1.09 bits per heavy atom. The van der Waals surface area contributed by atoms with E-state index in [1.807, 2.05) is 0 Å². The third-order valence-electron chi connectivity index (χ3n) is 4.67. The second-order valence-corrected chi connectivity index (χ2v) is 6.93. The number of carbonyl (C=O) groups excluding carboxylic acids is 1. The Balaban J connectivity index is 1.54. The fourth-order valence-corrected chi connectivity index (χ4v) is 3.20. The van der Waals surface area contributed by atoms with Crippen molar-refractivity contribution >= 4 is 11.9 Å². The van der Waals surface area contributed by atoms with Crippen LogP contribution in [0.15, 0.2) is 4.99 Å². The van der Waals surface area contributed by atoms with E-state index in [1.54, 1.807) is 0 Å². The molecule has 0 saturated heterocycles. The molecule has 3 N–H and O–H groups in total. The maximum absolute atomic E-state index is 11.6.